The molecule has 0 radical (unpaired) electrons. The predicted molar refractivity (Wildman–Crippen MR) is 72.4 cm³/mol. The third-order valence-corrected chi connectivity index (χ3v) is 2.75. The average Bonchev–Trinajstić information content (AvgIpc) is 2.85. The average molecular weight is 276 g/mol. The first-order valence-corrected chi connectivity index (χ1v) is 6.01. The molecule has 0 atom stereocenters. The molecule has 2 rings (SSSR count). The normalized spacial score (nSPS) is 10.2. The van der Waals surface area contributed by atoms with Crippen LogP contribution < -0.4 is 20.7 Å². The fourth-order valence-electron chi connectivity index (χ4n) is 1.80. The fraction of sp³-hybridized carbons (Fsp3) is 0.214. The van der Waals surface area contributed by atoms with Crippen molar-refractivity contribution in [3.8, 4) is 11.5 Å². The molecule has 6 nitrogen and oxygen atoms in total. The van der Waals surface area contributed by atoms with Crippen LogP contribution in [0.1, 0.15) is 21.9 Å². The van der Waals surface area contributed by atoms with Crippen LogP contribution in [0.4, 0.5) is 0 Å². The van der Waals surface area contributed by atoms with Crippen LogP contribution in [-0.4, -0.2) is 13.0 Å². The van der Waals surface area contributed by atoms with Crippen LogP contribution in [0.25, 0.3) is 0 Å². The molecular weight excluding hydrogens is 260 g/mol. The van der Waals surface area contributed by atoms with Crippen molar-refractivity contribution < 1.29 is 18.7 Å². The smallest absolute Gasteiger partial charge is 0.301 e. The van der Waals surface area contributed by atoms with Gasteiger partial charge in [-0.2, -0.15) is 0 Å². The van der Waals surface area contributed by atoms with Gasteiger partial charge in [0.15, 0.2) is 17.3 Å². The molecule has 20 heavy (non-hydrogen) atoms. The number of carbonyl (C=O) groups is 1. The minimum atomic E-state index is -0.467. The minimum absolute atomic E-state index is 0.186. The summed E-state index contributed by atoms with van der Waals surface area (Å²) in [6.07, 6.45) is 0. The number of nitrogens with one attached hydrogen (secondary N) is 1. The summed E-state index contributed by atoms with van der Waals surface area (Å²) >= 11 is 0. The zero-order chi connectivity index (χ0) is 14.5. The highest BCUT2D eigenvalue weighted by atomic mass is 16.5. The Morgan fingerprint density at radius 2 is 2.05 bits per heavy atom. The topological polar surface area (TPSA) is 86.7 Å². The van der Waals surface area contributed by atoms with E-state index in [4.69, 9.17) is 19.7 Å². The second kappa shape index (κ2) is 6.12. The molecule has 0 saturated carbocycles. The lowest BCUT2D eigenvalue weighted by molar-refractivity contribution is 0.0921. The van der Waals surface area contributed by atoms with E-state index in [1.807, 2.05) is 17.6 Å². The number of benzene rings is 1. The standard InChI is InChI=1S/C14H16N2O4/c1-9-7-10(20-13(9)14(17)16-15)8-19-12-6-4-3-5-11(12)18-2/h3-7H,8,15H2,1-2H3,(H,16,17). The summed E-state index contributed by atoms with van der Waals surface area (Å²) < 4.78 is 16.2. The van der Waals surface area contributed by atoms with Gasteiger partial charge in [0, 0.05) is 5.56 Å². The SMILES string of the molecule is COc1ccccc1OCc1cc(C)c(C(=O)NN)o1. The second-order valence-electron chi connectivity index (χ2n) is 4.14. The van der Waals surface area contributed by atoms with Gasteiger partial charge in [-0.05, 0) is 25.1 Å². The number of hydrazine groups is 1. The van der Waals surface area contributed by atoms with E-state index in [0.717, 1.165) is 0 Å². The number of para-hydroxylation sites is 2. The number of carbonyl (C=O) groups excluding carboxylic acids is 1. The molecule has 1 aromatic heterocycles. The summed E-state index contributed by atoms with van der Waals surface area (Å²) in [5.41, 5.74) is 2.73. The van der Waals surface area contributed by atoms with Gasteiger partial charge in [0.2, 0.25) is 0 Å². The molecule has 2 aromatic rings. The summed E-state index contributed by atoms with van der Waals surface area (Å²) in [5, 5.41) is 0. The maximum absolute atomic E-state index is 11.4. The number of ether oxygens (including phenoxy) is 2. The zero-order valence-electron chi connectivity index (χ0n) is 11.3. The predicted octanol–water partition coefficient (Wildman–Crippen LogP) is 1.78. The molecule has 106 valence electrons. The van der Waals surface area contributed by atoms with Gasteiger partial charge in [0.1, 0.15) is 12.4 Å². The zero-order valence-corrected chi connectivity index (χ0v) is 11.3. The van der Waals surface area contributed by atoms with E-state index in [1.54, 1.807) is 32.2 Å². The van der Waals surface area contributed by atoms with Gasteiger partial charge >= 0.3 is 5.91 Å². The van der Waals surface area contributed by atoms with Crippen molar-refractivity contribution in [3.05, 3.63) is 47.4 Å². The second-order valence-corrected chi connectivity index (χ2v) is 4.14. The number of nitrogens with two attached hydrogens (primary N) is 1. The summed E-state index contributed by atoms with van der Waals surface area (Å²) in [6.45, 7) is 1.96. The molecule has 0 aliphatic rings. The first kappa shape index (κ1) is 14.0. The van der Waals surface area contributed by atoms with E-state index in [-0.39, 0.29) is 12.4 Å². The molecular formula is C14H16N2O4. The third kappa shape index (κ3) is 2.92. The van der Waals surface area contributed by atoms with E-state index < -0.39 is 5.91 Å². The summed E-state index contributed by atoms with van der Waals surface area (Å²) in [6, 6.07) is 9.03. The number of nitrogen functional groups attached to an aromatic ring is 1. The van der Waals surface area contributed by atoms with Crippen LogP contribution in [-0.2, 0) is 6.61 Å². The molecule has 0 fully saturated rings. The Labute approximate surface area is 116 Å². The van der Waals surface area contributed by atoms with Gasteiger partial charge in [-0.3, -0.25) is 10.2 Å². The van der Waals surface area contributed by atoms with Gasteiger partial charge in [-0.15, -0.1) is 0 Å². The molecule has 3 N–H and O–H groups in total. The first-order chi connectivity index (χ1) is 9.65. The Bertz CT molecular complexity index is 607. The number of amides is 1. The van der Waals surface area contributed by atoms with Crippen LogP contribution in [0.5, 0.6) is 11.5 Å². The molecule has 6 heteroatoms. The number of aryl methyl sites for hydroxylation is 1. The van der Waals surface area contributed by atoms with Crippen LogP contribution >= 0.6 is 0 Å². The lowest BCUT2D eigenvalue weighted by Gasteiger charge is -2.08. The number of hydrogen-bond donors (Lipinski definition) is 2. The third-order valence-electron chi connectivity index (χ3n) is 2.75. The summed E-state index contributed by atoms with van der Waals surface area (Å²) in [7, 11) is 1.57. The van der Waals surface area contributed by atoms with Crippen molar-refractivity contribution in [2.45, 2.75) is 13.5 Å². The molecule has 1 heterocycles. The van der Waals surface area contributed by atoms with E-state index in [0.29, 0.717) is 22.8 Å². The quantitative estimate of drug-likeness (QED) is 0.494. The summed E-state index contributed by atoms with van der Waals surface area (Å²) in [5.74, 6) is 6.57. The summed E-state index contributed by atoms with van der Waals surface area (Å²) in [4.78, 5) is 11.4. The highest BCUT2D eigenvalue weighted by Crippen LogP contribution is 2.27. The monoisotopic (exact) mass is 276 g/mol. The maximum atomic E-state index is 11.4. The van der Waals surface area contributed by atoms with Crippen molar-refractivity contribution >= 4 is 5.91 Å². The molecule has 0 saturated heterocycles. The molecule has 1 amide bonds. The maximum Gasteiger partial charge on any atom is 0.301 e. The van der Waals surface area contributed by atoms with Gasteiger partial charge < -0.3 is 13.9 Å². The van der Waals surface area contributed by atoms with Gasteiger partial charge in [-0.1, -0.05) is 12.1 Å². The van der Waals surface area contributed by atoms with Crippen molar-refractivity contribution in [3.63, 3.8) is 0 Å². The van der Waals surface area contributed by atoms with Crippen molar-refractivity contribution in [2.24, 2.45) is 5.84 Å². The Balaban J connectivity index is 2.10. The van der Waals surface area contributed by atoms with E-state index in [2.05, 4.69) is 0 Å². The highest BCUT2D eigenvalue weighted by molar-refractivity contribution is 5.92. The molecule has 0 bridgehead atoms. The highest BCUT2D eigenvalue weighted by Gasteiger charge is 2.15. The van der Waals surface area contributed by atoms with E-state index in [9.17, 15) is 4.79 Å². The van der Waals surface area contributed by atoms with Gasteiger partial charge in [0.25, 0.3) is 0 Å². The Morgan fingerprint density at radius 1 is 1.35 bits per heavy atom. The first-order valence-electron chi connectivity index (χ1n) is 6.01. The largest absolute Gasteiger partial charge is 0.493 e. The molecule has 0 unspecified atom stereocenters. The van der Waals surface area contributed by atoms with Crippen LogP contribution in [0, 0.1) is 6.92 Å². The lowest BCUT2D eigenvalue weighted by atomic mass is 10.2. The van der Waals surface area contributed by atoms with Crippen LogP contribution in [0.15, 0.2) is 34.7 Å². The number of methoxy groups -OCH3 is 1. The minimum Gasteiger partial charge on any atom is -0.493 e. The van der Waals surface area contributed by atoms with Gasteiger partial charge in [0.05, 0.1) is 7.11 Å². The Kier molecular flexibility index (Phi) is 4.27. The van der Waals surface area contributed by atoms with Crippen LogP contribution in [0.3, 0.4) is 0 Å². The van der Waals surface area contributed by atoms with E-state index in [1.165, 1.54) is 0 Å². The molecule has 0 aliphatic carbocycles. The fourth-order valence-corrected chi connectivity index (χ4v) is 1.80. The number of furan rings is 1. The van der Waals surface area contributed by atoms with Crippen LogP contribution in [0.2, 0.25) is 0 Å². The molecule has 0 spiro atoms. The molecule has 0 aliphatic heterocycles. The van der Waals surface area contributed by atoms with Gasteiger partial charge in [-0.25, -0.2) is 5.84 Å². The van der Waals surface area contributed by atoms with Crippen molar-refractivity contribution in [1.29, 1.82) is 0 Å². The molecule has 1 aromatic carbocycles. The van der Waals surface area contributed by atoms with E-state index >= 15 is 0 Å². The Hall–Kier alpha value is -2.47. The number of rotatable bonds is 5. The van der Waals surface area contributed by atoms with Crippen molar-refractivity contribution in [2.75, 3.05) is 7.11 Å². The number of hydrogen-bond acceptors (Lipinski definition) is 5. The Morgan fingerprint density at radius 3 is 2.70 bits per heavy atom. The van der Waals surface area contributed by atoms with Crippen molar-refractivity contribution in [1.82, 2.24) is 5.43 Å². The lowest BCUT2D eigenvalue weighted by Crippen LogP contribution is -2.30.